The summed E-state index contributed by atoms with van der Waals surface area (Å²) in [6.07, 6.45) is 0.516. The lowest BCUT2D eigenvalue weighted by Gasteiger charge is -2.36. The van der Waals surface area contributed by atoms with Crippen molar-refractivity contribution in [2.45, 2.75) is 155 Å². The van der Waals surface area contributed by atoms with E-state index in [-0.39, 0.29) is 37.0 Å². The Morgan fingerprint density at radius 2 is 1.25 bits per heavy atom. The third-order valence-corrected chi connectivity index (χ3v) is 14.5. The summed E-state index contributed by atoms with van der Waals surface area (Å²) >= 11 is 0. The number of aromatic nitrogens is 1. The fourth-order valence-electron chi connectivity index (χ4n) is 9.86. The van der Waals surface area contributed by atoms with Crippen molar-refractivity contribution in [2.75, 3.05) is 34.4 Å². The summed E-state index contributed by atoms with van der Waals surface area (Å²) in [5.41, 5.74) is 1.72. The highest BCUT2D eigenvalue weighted by atomic mass is 16.6. The van der Waals surface area contributed by atoms with E-state index in [0.29, 0.717) is 17.6 Å². The zero-order valence-electron chi connectivity index (χ0n) is 46.2. The predicted octanol–water partition coefficient (Wildman–Crippen LogP) is 3.63. The van der Waals surface area contributed by atoms with Crippen molar-refractivity contribution in [3.63, 3.8) is 0 Å². The first-order chi connectivity index (χ1) is 35.2. The zero-order chi connectivity index (χ0) is 55.8. The number of methoxy groups -OCH3 is 1. The Labute approximate surface area is 441 Å². The number of ether oxygens (including phenoxy) is 2. The number of benzene rings is 2. The molecule has 0 radical (unpaired) electrons. The standard InChI is InChI=1S/C56H82N8O11/c1-30(2)24-34(8)44-52(70)60-45(47(66)38-27-64(56(10,11)42-29-75-42)39-23-19-18-22-37(38)39)55(73)63(13)41(26-33(7)28-65)50(68)57-35(9)49(67)61-46(48(74-14)36-20-16-15-17-21-36)53(71)58-43(32(5)6)54(72)62(12)40(25-31(3)4)51(69)59-44/h15-24,27,31-35,40-48,65-66H,25-26,28-29H2,1-14H3,(H,57,68)(H,58,71)(H,59,69)(H,60,70)(H,61,67)/t33-,34-,35+,40+,41+,42-,43+,44+,45+,46+,47-,48-/m1/s1. The number of amides is 7. The topological polar surface area (TPSA) is 253 Å². The average Bonchev–Trinajstić information content (AvgIpc) is 4.16. The van der Waals surface area contributed by atoms with Crippen LogP contribution in [0.5, 0.6) is 0 Å². The molecule has 2 saturated heterocycles. The van der Waals surface area contributed by atoms with E-state index in [4.69, 9.17) is 9.47 Å². The van der Waals surface area contributed by atoms with Crippen molar-refractivity contribution in [1.82, 2.24) is 41.0 Å². The molecule has 0 aliphatic carbocycles. The summed E-state index contributed by atoms with van der Waals surface area (Å²) in [5, 5.41) is 37.7. The number of epoxide rings is 1. The molecular weight excluding hydrogens is 961 g/mol. The molecule has 5 rings (SSSR count). The minimum absolute atomic E-state index is 0.124. The molecule has 2 aliphatic rings. The number of nitrogens with zero attached hydrogens (tertiary/aromatic N) is 3. The molecule has 12 atom stereocenters. The number of fused-ring (bicyclic) bond motifs is 1. The van der Waals surface area contributed by atoms with Crippen molar-refractivity contribution < 1.29 is 53.2 Å². The fourth-order valence-corrected chi connectivity index (χ4v) is 9.86. The Kier molecular flexibility index (Phi) is 20.4. The minimum atomic E-state index is -1.81. The summed E-state index contributed by atoms with van der Waals surface area (Å²) in [6.45, 7) is 19.8. The van der Waals surface area contributed by atoms with Crippen LogP contribution in [0.3, 0.4) is 0 Å². The van der Waals surface area contributed by atoms with Gasteiger partial charge >= 0.3 is 0 Å². The van der Waals surface area contributed by atoms with Crippen LogP contribution in [0.4, 0.5) is 0 Å². The molecule has 3 heterocycles. The fraction of sp³-hybridized carbons (Fsp3) is 0.589. The van der Waals surface area contributed by atoms with Gasteiger partial charge in [0.2, 0.25) is 41.4 Å². The first-order valence-electron chi connectivity index (χ1n) is 26.0. The van der Waals surface area contributed by atoms with Gasteiger partial charge in [-0.2, -0.15) is 0 Å². The van der Waals surface area contributed by atoms with Gasteiger partial charge in [0.15, 0.2) is 0 Å². The van der Waals surface area contributed by atoms with Gasteiger partial charge in [-0.05, 0) is 76.8 Å². The number of rotatable bonds is 15. The number of carbonyl (C=O) groups is 7. The molecule has 75 heavy (non-hydrogen) atoms. The maximum atomic E-state index is 15.4. The summed E-state index contributed by atoms with van der Waals surface area (Å²) in [5.74, 6) is -7.50. The number of aliphatic hydroxyl groups excluding tert-OH is 2. The van der Waals surface area contributed by atoms with E-state index in [9.17, 15) is 34.2 Å². The smallest absolute Gasteiger partial charge is 0.248 e. The SMILES string of the molecule is CO[C@H](c1ccccc1)[C@@H]1NC(=O)[C@H](C)NC(=O)[C@H](C[C@@H](C)CO)N(C)C(=O)[C@H]([C@H](O)c2cn(C(C)(C)[C@H]3CO3)c3ccccc23)NC(=O)[C@H]([C@H](C)C=C(C)C)NC(=O)[C@H](CC(C)C)N(C)C(=O)[C@H](C(C)C)NC1=O. The Balaban J connectivity index is 1.73. The number of aliphatic hydroxyl groups is 2. The molecule has 3 aromatic rings. The van der Waals surface area contributed by atoms with Crippen LogP contribution < -0.4 is 26.6 Å². The highest BCUT2D eigenvalue weighted by Crippen LogP contribution is 2.38. The Morgan fingerprint density at radius 3 is 1.81 bits per heavy atom. The molecule has 0 bridgehead atoms. The number of nitrogens with one attached hydrogen (secondary N) is 5. The number of allylic oxidation sites excluding steroid dienone is 1. The number of hydrogen-bond acceptors (Lipinski definition) is 11. The van der Waals surface area contributed by atoms with Gasteiger partial charge in [-0.25, -0.2) is 0 Å². The molecule has 19 heteroatoms. The molecule has 2 aliphatic heterocycles. The lowest BCUT2D eigenvalue weighted by molar-refractivity contribution is -0.146. The van der Waals surface area contributed by atoms with Crippen LogP contribution in [0.25, 0.3) is 10.9 Å². The van der Waals surface area contributed by atoms with E-state index in [1.54, 1.807) is 82.4 Å². The van der Waals surface area contributed by atoms with Crippen molar-refractivity contribution in [1.29, 1.82) is 0 Å². The highest BCUT2D eigenvalue weighted by molar-refractivity contribution is 5.99. The van der Waals surface area contributed by atoms with Gasteiger partial charge in [0, 0.05) is 56.4 Å². The molecule has 2 fully saturated rings. The second-order valence-corrected chi connectivity index (χ2v) is 22.1. The Bertz CT molecular complexity index is 2540. The van der Waals surface area contributed by atoms with Crippen LogP contribution in [0.15, 0.2) is 72.4 Å². The second kappa shape index (κ2) is 25.6. The maximum Gasteiger partial charge on any atom is 0.248 e. The number of likely N-dealkylation sites (N-methyl/N-ethyl adjacent to an activating group) is 2. The van der Waals surface area contributed by atoms with Crippen molar-refractivity contribution in [3.05, 3.63) is 83.6 Å². The van der Waals surface area contributed by atoms with E-state index in [1.165, 1.54) is 33.0 Å². The van der Waals surface area contributed by atoms with Gasteiger partial charge in [0.25, 0.3) is 0 Å². The third kappa shape index (κ3) is 14.2. The normalized spacial score (nSPS) is 25.9. The van der Waals surface area contributed by atoms with Crippen LogP contribution in [0, 0.1) is 23.7 Å². The molecule has 7 amide bonds. The zero-order valence-corrected chi connectivity index (χ0v) is 46.2. The van der Waals surface area contributed by atoms with Gasteiger partial charge in [0.05, 0.1) is 12.1 Å². The van der Waals surface area contributed by atoms with Gasteiger partial charge < -0.3 is 60.6 Å². The van der Waals surface area contributed by atoms with Crippen LogP contribution in [0.1, 0.15) is 112 Å². The second-order valence-electron chi connectivity index (χ2n) is 22.1. The first-order valence-corrected chi connectivity index (χ1v) is 26.0. The molecule has 0 saturated carbocycles. The predicted molar refractivity (Wildman–Crippen MR) is 284 cm³/mol. The molecule has 412 valence electrons. The van der Waals surface area contributed by atoms with Crippen molar-refractivity contribution >= 4 is 52.3 Å². The monoisotopic (exact) mass is 1040 g/mol. The van der Waals surface area contributed by atoms with E-state index < -0.39 is 119 Å². The Morgan fingerprint density at radius 1 is 0.733 bits per heavy atom. The Hall–Kier alpha value is -6.15. The highest BCUT2D eigenvalue weighted by Gasteiger charge is 2.45. The largest absolute Gasteiger partial charge is 0.396 e. The van der Waals surface area contributed by atoms with Crippen LogP contribution in [0.2, 0.25) is 0 Å². The molecule has 0 unspecified atom stereocenters. The van der Waals surface area contributed by atoms with Crippen LogP contribution in [-0.4, -0.2) is 149 Å². The molecule has 19 nitrogen and oxygen atoms in total. The molecule has 0 spiro atoms. The van der Waals surface area contributed by atoms with Crippen LogP contribution >= 0.6 is 0 Å². The van der Waals surface area contributed by atoms with Gasteiger partial charge in [-0.1, -0.05) is 102 Å². The van der Waals surface area contributed by atoms with Crippen LogP contribution in [-0.2, 0) is 48.6 Å². The van der Waals surface area contributed by atoms with E-state index in [0.717, 1.165) is 16.0 Å². The lowest BCUT2D eigenvalue weighted by Crippen LogP contribution is -2.62. The number of para-hydroxylation sites is 1. The first kappa shape index (κ1) is 59.7. The third-order valence-electron chi connectivity index (χ3n) is 14.5. The minimum Gasteiger partial charge on any atom is -0.396 e. The van der Waals surface area contributed by atoms with E-state index in [2.05, 4.69) is 26.6 Å². The summed E-state index contributed by atoms with van der Waals surface area (Å²) in [7, 11) is 4.16. The van der Waals surface area contributed by atoms with Crippen molar-refractivity contribution in [3.8, 4) is 0 Å². The molecule has 1 aromatic heterocycles. The molecule has 2 aromatic carbocycles. The maximum absolute atomic E-state index is 15.4. The van der Waals surface area contributed by atoms with Crippen molar-refractivity contribution in [2.24, 2.45) is 23.7 Å². The number of hydrogen-bond donors (Lipinski definition) is 7. The van der Waals surface area contributed by atoms with E-state index in [1.807, 2.05) is 58.2 Å². The van der Waals surface area contributed by atoms with E-state index >= 15 is 9.59 Å². The van der Waals surface area contributed by atoms with Gasteiger partial charge in [0.1, 0.15) is 60.6 Å². The number of carbonyl (C=O) groups excluding carboxylic acids is 7. The summed E-state index contributed by atoms with van der Waals surface area (Å²) in [6, 6.07) is 6.13. The summed E-state index contributed by atoms with van der Waals surface area (Å²) in [4.78, 5) is 106. The molecule has 7 N–H and O–H groups in total. The molecular formula is C56H82N8O11. The van der Waals surface area contributed by atoms with Gasteiger partial charge in [-0.3, -0.25) is 33.6 Å². The average molecular weight is 1040 g/mol. The lowest BCUT2D eigenvalue weighted by atomic mass is 9.94. The summed E-state index contributed by atoms with van der Waals surface area (Å²) < 4.78 is 13.6. The quantitative estimate of drug-likeness (QED) is 0.0855. The van der Waals surface area contributed by atoms with Gasteiger partial charge in [-0.15, -0.1) is 0 Å².